The summed E-state index contributed by atoms with van der Waals surface area (Å²) in [5, 5.41) is 2.82. The van der Waals surface area contributed by atoms with E-state index in [-0.39, 0.29) is 29.8 Å². The molecule has 0 bridgehead atoms. The van der Waals surface area contributed by atoms with Gasteiger partial charge >= 0.3 is 0 Å². The van der Waals surface area contributed by atoms with Gasteiger partial charge in [0.2, 0.25) is 0 Å². The van der Waals surface area contributed by atoms with Crippen LogP contribution in [0.4, 0.5) is 0 Å². The maximum absolute atomic E-state index is 13.0. The molecule has 1 N–H and O–H groups in total. The first kappa shape index (κ1) is 19.9. The van der Waals surface area contributed by atoms with E-state index >= 15 is 0 Å². The zero-order chi connectivity index (χ0) is 20.4. The molecule has 1 aromatic carbocycles. The largest absolute Gasteiger partial charge is 0.351 e. The molecule has 0 radical (unpaired) electrons. The van der Waals surface area contributed by atoms with Crippen LogP contribution < -0.4 is 5.32 Å². The lowest BCUT2D eigenvalue weighted by Crippen LogP contribution is -2.28. The van der Waals surface area contributed by atoms with Crippen molar-refractivity contribution in [2.75, 3.05) is 6.54 Å². The number of hydrogen-bond donors (Lipinski definition) is 1. The summed E-state index contributed by atoms with van der Waals surface area (Å²) >= 11 is 0. The van der Waals surface area contributed by atoms with E-state index in [1.807, 2.05) is 45.9 Å². The molecule has 2 atom stereocenters. The highest BCUT2D eigenvalue weighted by atomic mass is 16.2. The van der Waals surface area contributed by atoms with Crippen LogP contribution in [-0.4, -0.2) is 29.0 Å². The Morgan fingerprint density at radius 1 is 1.11 bits per heavy atom. The predicted octanol–water partition coefficient (Wildman–Crippen LogP) is 3.38. The van der Waals surface area contributed by atoms with Crippen LogP contribution in [-0.2, 0) is 9.59 Å². The Kier molecular flexibility index (Phi) is 5.73. The normalized spacial score (nSPS) is 19.1. The molecule has 0 spiro atoms. The second kappa shape index (κ2) is 8.05. The standard InChI is InChI=1S/C23H26N2O3/c1-13-10-15(3)19(16(4)11-13)20-18(26)12-17(22(20)27)7-9-25-23(28)21-14(2)6-5-8-24-21/h5-6,8,10-11,17,20H,7,9,12H2,1-4H3,(H,25,28). The number of aryl methyl sites for hydroxylation is 4. The van der Waals surface area contributed by atoms with Crippen LogP contribution >= 0.6 is 0 Å². The van der Waals surface area contributed by atoms with Crippen molar-refractivity contribution in [2.24, 2.45) is 5.92 Å². The minimum Gasteiger partial charge on any atom is -0.351 e. The van der Waals surface area contributed by atoms with Crippen molar-refractivity contribution in [2.45, 2.75) is 46.5 Å². The third kappa shape index (κ3) is 3.88. The monoisotopic (exact) mass is 378 g/mol. The molecule has 1 amide bonds. The molecule has 1 aromatic heterocycles. The summed E-state index contributed by atoms with van der Waals surface area (Å²) in [6.07, 6.45) is 2.29. The fraction of sp³-hybridized carbons (Fsp3) is 0.391. The molecular formula is C23H26N2O3. The van der Waals surface area contributed by atoms with Gasteiger partial charge in [0.1, 0.15) is 17.4 Å². The van der Waals surface area contributed by atoms with Crippen molar-refractivity contribution in [1.29, 1.82) is 0 Å². The summed E-state index contributed by atoms with van der Waals surface area (Å²) in [5.41, 5.74) is 5.15. The van der Waals surface area contributed by atoms with Gasteiger partial charge in [-0.1, -0.05) is 23.8 Å². The molecule has 3 rings (SSSR count). The van der Waals surface area contributed by atoms with Gasteiger partial charge < -0.3 is 5.32 Å². The number of rotatable bonds is 5. The average molecular weight is 378 g/mol. The molecule has 0 saturated heterocycles. The highest BCUT2D eigenvalue weighted by molar-refractivity contribution is 6.15. The first-order valence-corrected chi connectivity index (χ1v) is 9.63. The van der Waals surface area contributed by atoms with E-state index in [4.69, 9.17) is 0 Å². The van der Waals surface area contributed by atoms with Gasteiger partial charge in [-0.3, -0.25) is 19.4 Å². The summed E-state index contributed by atoms with van der Waals surface area (Å²) in [6, 6.07) is 7.65. The number of carbonyl (C=O) groups excluding carboxylic acids is 3. The van der Waals surface area contributed by atoms with E-state index < -0.39 is 5.92 Å². The SMILES string of the molecule is Cc1cc(C)c(C2C(=O)CC(CCNC(=O)c3ncccc3C)C2=O)c(C)c1. The summed E-state index contributed by atoms with van der Waals surface area (Å²) in [6.45, 7) is 8.10. The zero-order valence-electron chi connectivity index (χ0n) is 16.8. The fourth-order valence-corrected chi connectivity index (χ4v) is 4.22. The molecule has 1 aliphatic carbocycles. The smallest absolute Gasteiger partial charge is 0.270 e. The van der Waals surface area contributed by atoms with Crippen molar-refractivity contribution in [1.82, 2.24) is 10.3 Å². The molecule has 5 heteroatoms. The van der Waals surface area contributed by atoms with Gasteiger partial charge in [-0.2, -0.15) is 0 Å². The Balaban J connectivity index is 1.66. The maximum atomic E-state index is 13.0. The first-order valence-electron chi connectivity index (χ1n) is 9.63. The number of nitrogens with one attached hydrogen (secondary N) is 1. The second-order valence-electron chi connectivity index (χ2n) is 7.73. The zero-order valence-corrected chi connectivity index (χ0v) is 16.8. The van der Waals surface area contributed by atoms with Crippen LogP contribution in [0.5, 0.6) is 0 Å². The van der Waals surface area contributed by atoms with Gasteiger partial charge in [0.05, 0.1) is 0 Å². The number of nitrogens with zero attached hydrogens (tertiary/aromatic N) is 1. The van der Waals surface area contributed by atoms with Crippen molar-refractivity contribution in [3.8, 4) is 0 Å². The van der Waals surface area contributed by atoms with Crippen LogP contribution in [0, 0.1) is 33.6 Å². The molecule has 2 aromatic rings. The number of aromatic nitrogens is 1. The van der Waals surface area contributed by atoms with Crippen molar-refractivity contribution < 1.29 is 14.4 Å². The predicted molar refractivity (Wildman–Crippen MR) is 107 cm³/mol. The van der Waals surface area contributed by atoms with Gasteiger partial charge in [-0.25, -0.2) is 0 Å². The molecule has 1 aliphatic rings. The van der Waals surface area contributed by atoms with E-state index in [0.29, 0.717) is 18.7 Å². The first-order chi connectivity index (χ1) is 13.3. The van der Waals surface area contributed by atoms with E-state index in [0.717, 1.165) is 27.8 Å². The van der Waals surface area contributed by atoms with E-state index in [2.05, 4.69) is 10.3 Å². The van der Waals surface area contributed by atoms with Crippen LogP contribution in [0.25, 0.3) is 0 Å². The molecule has 146 valence electrons. The summed E-state index contributed by atoms with van der Waals surface area (Å²) in [4.78, 5) is 42.0. The Morgan fingerprint density at radius 3 is 2.43 bits per heavy atom. The molecule has 0 aliphatic heterocycles. The average Bonchev–Trinajstić information content (AvgIpc) is 2.89. The molecule has 5 nitrogen and oxygen atoms in total. The molecule has 2 unspecified atom stereocenters. The van der Waals surface area contributed by atoms with E-state index in [1.165, 1.54) is 0 Å². The number of ketones is 2. The number of carbonyl (C=O) groups is 3. The lowest BCUT2D eigenvalue weighted by atomic mass is 9.86. The number of amides is 1. The molecule has 1 saturated carbocycles. The van der Waals surface area contributed by atoms with Gasteiger partial charge in [0, 0.05) is 25.1 Å². The highest BCUT2D eigenvalue weighted by Gasteiger charge is 2.42. The van der Waals surface area contributed by atoms with Crippen molar-refractivity contribution in [3.63, 3.8) is 0 Å². The Bertz CT molecular complexity index is 926. The van der Waals surface area contributed by atoms with Gasteiger partial charge in [-0.05, 0) is 62.4 Å². The van der Waals surface area contributed by atoms with Gasteiger partial charge in [0.15, 0.2) is 5.78 Å². The third-order valence-electron chi connectivity index (χ3n) is 5.49. The second-order valence-corrected chi connectivity index (χ2v) is 7.73. The van der Waals surface area contributed by atoms with Gasteiger partial charge in [0.25, 0.3) is 5.91 Å². The Labute approximate surface area is 165 Å². The highest BCUT2D eigenvalue weighted by Crippen LogP contribution is 2.37. The maximum Gasteiger partial charge on any atom is 0.270 e. The summed E-state index contributed by atoms with van der Waals surface area (Å²) in [5.74, 6) is -1.31. The Morgan fingerprint density at radius 2 is 1.79 bits per heavy atom. The van der Waals surface area contributed by atoms with Crippen LogP contribution in [0.1, 0.15) is 57.1 Å². The van der Waals surface area contributed by atoms with Crippen molar-refractivity contribution >= 4 is 17.5 Å². The van der Waals surface area contributed by atoms with Gasteiger partial charge in [-0.15, -0.1) is 0 Å². The van der Waals surface area contributed by atoms with Crippen molar-refractivity contribution in [3.05, 3.63) is 64.0 Å². The number of hydrogen-bond acceptors (Lipinski definition) is 4. The Hall–Kier alpha value is -2.82. The molecule has 1 heterocycles. The lowest BCUT2D eigenvalue weighted by molar-refractivity contribution is -0.124. The molecule has 1 fully saturated rings. The van der Waals surface area contributed by atoms with E-state index in [1.54, 1.807) is 12.3 Å². The van der Waals surface area contributed by atoms with Crippen LogP contribution in [0.2, 0.25) is 0 Å². The quantitative estimate of drug-likeness (QED) is 0.810. The number of benzene rings is 1. The summed E-state index contributed by atoms with van der Waals surface area (Å²) < 4.78 is 0. The third-order valence-corrected chi connectivity index (χ3v) is 5.49. The number of Topliss-reactive ketones (excluding diaryl/α,β-unsaturated/α-hetero) is 2. The molecule has 28 heavy (non-hydrogen) atoms. The lowest BCUT2D eigenvalue weighted by Gasteiger charge is -2.16. The van der Waals surface area contributed by atoms with Crippen LogP contribution in [0.15, 0.2) is 30.5 Å². The topological polar surface area (TPSA) is 76.1 Å². The summed E-state index contributed by atoms with van der Waals surface area (Å²) in [7, 11) is 0. The van der Waals surface area contributed by atoms with Crippen LogP contribution in [0.3, 0.4) is 0 Å². The minimum absolute atomic E-state index is 0.0167. The van der Waals surface area contributed by atoms with E-state index in [9.17, 15) is 14.4 Å². The minimum atomic E-state index is -0.667. The fourth-order valence-electron chi connectivity index (χ4n) is 4.22. The number of pyridine rings is 1. The molecular weight excluding hydrogens is 352 g/mol.